The number of phenols is 1. The Hall–Kier alpha value is -1.05. The van der Waals surface area contributed by atoms with Crippen LogP contribution in [0.25, 0.3) is 0 Å². The van der Waals surface area contributed by atoms with Gasteiger partial charge in [-0.2, -0.15) is 0 Å². The van der Waals surface area contributed by atoms with Gasteiger partial charge in [-0.25, -0.2) is 0 Å². The van der Waals surface area contributed by atoms with E-state index in [1.54, 1.807) is 0 Å². The van der Waals surface area contributed by atoms with Crippen LogP contribution in [-0.2, 0) is 6.61 Å². The molecule has 0 radical (unpaired) electrons. The van der Waals surface area contributed by atoms with Gasteiger partial charge in [0, 0.05) is 0 Å². The fourth-order valence-electron chi connectivity index (χ4n) is 2.94. The Morgan fingerprint density at radius 1 is 0.931 bits per heavy atom. The van der Waals surface area contributed by atoms with E-state index in [4.69, 9.17) is 9.47 Å². The second-order valence-electron chi connectivity index (χ2n) is 6.84. The Morgan fingerprint density at radius 3 is 2.24 bits per heavy atom. The monoisotopic (exact) mass is 424 g/mol. The van der Waals surface area contributed by atoms with Gasteiger partial charge in [0.1, 0.15) is 23.9 Å². The summed E-state index contributed by atoms with van der Waals surface area (Å²) in [7, 11) is 0. The molecule has 0 heterocycles. The van der Waals surface area contributed by atoms with Crippen LogP contribution < -0.4 is 66.0 Å². The summed E-state index contributed by atoms with van der Waals surface area (Å²) >= 11 is 0. The minimum absolute atomic E-state index is 0. The first kappa shape index (κ1) is 26.0. The molecule has 0 atom stereocenters. The largest absolute Gasteiger partial charge is 1.00 e. The molecule has 0 aromatic heterocycles. The maximum Gasteiger partial charge on any atom is 1.00 e. The quantitative estimate of drug-likeness (QED) is 0.389. The van der Waals surface area contributed by atoms with Gasteiger partial charge in [0.25, 0.3) is 0 Å². The number of carbonyl (C=O) groups is 1. The van der Waals surface area contributed by atoms with Crippen molar-refractivity contribution in [2.24, 2.45) is 0 Å². The summed E-state index contributed by atoms with van der Waals surface area (Å²) in [5.74, 6) is -0.949. The van der Waals surface area contributed by atoms with E-state index >= 15 is 0 Å². The molecule has 152 valence electrons. The van der Waals surface area contributed by atoms with E-state index < -0.39 is 5.97 Å². The van der Waals surface area contributed by atoms with E-state index in [9.17, 15) is 15.0 Å². The molecular weight excluding hydrogens is 395 g/mol. The van der Waals surface area contributed by atoms with Crippen molar-refractivity contribution in [2.75, 3.05) is 6.61 Å². The van der Waals surface area contributed by atoms with Crippen LogP contribution in [-0.4, -0.2) is 17.7 Å². The summed E-state index contributed by atoms with van der Waals surface area (Å²) in [5.41, 5.74) is 0.535. The molecule has 0 unspecified atom stereocenters. The van der Waals surface area contributed by atoms with Gasteiger partial charge in [-0.15, -0.1) is 0 Å². The topological polar surface area (TPSA) is 78.8 Å². The van der Waals surface area contributed by atoms with Crippen molar-refractivity contribution in [3.8, 4) is 17.2 Å². The standard InChI is InChI=1S/C23H30O5.K/c1-2-3-4-5-6-7-8-16-27-19-14-12-18(13-15-19)17-28-21-11-9-10-20(24)22(21)23(25)26;/h9-15,24H,2-8,16-17H2,1H3,(H,25,26);/q;+1/p-1. The molecule has 2 aromatic carbocycles. The number of carboxylic acid groups (broad SMARTS) is 1. The van der Waals surface area contributed by atoms with Crippen molar-refractivity contribution in [3.05, 3.63) is 53.6 Å². The average Bonchev–Trinajstić information content (AvgIpc) is 2.69. The number of unbranched alkanes of at least 4 members (excludes halogenated alkanes) is 6. The van der Waals surface area contributed by atoms with Crippen molar-refractivity contribution in [3.63, 3.8) is 0 Å². The number of carbonyl (C=O) groups excluding carboxylic acids is 1. The number of aromatic hydroxyl groups is 1. The first-order valence-electron chi connectivity index (χ1n) is 9.99. The van der Waals surface area contributed by atoms with Gasteiger partial charge < -0.3 is 24.5 Å². The van der Waals surface area contributed by atoms with Crippen LogP contribution in [0.15, 0.2) is 42.5 Å². The van der Waals surface area contributed by atoms with Crippen LogP contribution in [0.1, 0.15) is 67.8 Å². The van der Waals surface area contributed by atoms with Crippen LogP contribution in [0, 0.1) is 0 Å². The third-order valence-corrected chi connectivity index (χ3v) is 4.54. The smallest absolute Gasteiger partial charge is 0.545 e. The van der Waals surface area contributed by atoms with E-state index in [2.05, 4.69) is 6.92 Å². The first-order valence-corrected chi connectivity index (χ1v) is 9.99. The Bertz CT molecular complexity index is 731. The molecule has 0 aliphatic carbocycles. The van der Waals surface area contributed by atoms with E-state index in [0.29, 0.717) is 6.61 Å². The zero-order valence-corrected chi connectivity index (χ0v) is 20.6. The summed E-state index contributed by atoms with van der Waals surface area (Å²) in [5, 5.41) is 20.8. The molecule has 29 heavy (non-hydrogen) atoms. The Kier molecular flexibility index (Phi) is 13.3. The number of carboxylic acids is 1. The molecule has 2 rings (SSSR count). The van der Waals surface area contributed by atoms with Crippen LogP contribution in [0.2, 0.25) is 0 Å². The zero-order valence-electron chi connectivity index (χ0n) is 17.5. The molecule has 0 spiro atoms. The molecule has 0 aliphatic heterocycles. The van der Waals surface area contributed by atoms with E-state index in [-0.39, 0.29) is 75.1 Å². The molecule has 1 N–H and O–H groups in total. The average molecular weight is 425 g/mol. The van der Waals surface area contributed by atoms with Gasteiger partial charge in [-0.3, -0.25) is 0 Å². The van der Waals surface area contributed by atoms with Gasteiger partial charge in [0.05, 0.1) is 18.1 Å². The van der Waals surface area contributed by atoms with E-state index in [1.165, 1.54) is 56.7 Å². The summed E-state index contributed by atoms with van der Waals surface area (Å²) in [4.78, 5) is 11.1. The Balaban J connectivity index is 0.00000420. The number of hydrogen-bond acceptors (Lipinski definition) is 5. The molecule has 0 bridgehead atoms. The zero-order chi connectivity index (χ0) is 20.2. The van der Waals surface area contributed by atoms with Gasteiger partial charge in [-0.05, 0) is 36.2 Å². The number of hydrogen-bond donors (Lipinski definition) is 1. The van der Waals surface area contributed by atoms with E-state index in [0.717, 1.165) is 17.7 Å². The molecule has 5 nitrogen and oxygen atoms in total. The van der Waals surface area contributed by atoms with Crippen molar-refractivity contribution >= 4 is 5.97 Å². The maximum atomic E-state index is 11.1. The van der Waals surface area contributed by atoms with Crippen LogP contribution in [0.5, 0.6) is 17.2 Å². The fourth-order valence-corrected chi connectivity index (χ4v) is 2.94. The molecular formula is C23H29KO5. The van der Waals surface area contributed by atoms with Crippen LogP contribution >= 0.6 is 0 Å². The molecule has 6 heteroatoms. The Labute approximate surface area is 215 Å². The minimum atomic E-state index is -1.47. The van der Waals surface area contributed by atoms with Crippen molar-refractivity contribution in [2.45, 2.75) is 58.5 Å². The van der Waals surface area contributed by atoms with Gasteiger partial charge in [0.15, 0.2) is 0 Å². The number of aromatic carboxylic acids is 1. The summed E-state index contributed by atoms with van der Waals surface area (Å²) in [6, 6.07) is 11.8. The van der Waals surface area contributed by atoms with E-state index in [1.807, 2.05) is 24.3 Å². The van der Waals surface area contributed by atoms with Gasteiger partial charge >= 0.3 is 51.4 Å². The fraction of sp³-hybridized carbons (Fsp3) is 0.435. The summed E-state index contributed by atoms with van der Waals surface area (Å²) in [6.07, 6.45) is 8.75. The molecule has 0 fully saturated rings. The van der Waals surface area contributed by atoms with Crippen LogP contribution in [0.4, 0.5) is 0 Å². The Morgan fingerprint density at radius 2 is 1.59 bits per heavy atom. The predicted molar refractivity (Wildman–Crippen MR) is 107 cm³/mol. The van der Waals surface area contributed by atoms with Gasteiger partial charge in [0.2, 0.25) is 0 Å². The molecule has 2 aromatic rings. The second-order valence-corrected chi connectivity index (χ2v) is 6.84. The number of benzene rings is 2. The van der Waals surface area contributed by atoms with Crippen LogP contribution in [0.3, 0.4) is 0 Å². The molecule has 0 saturated heterocycles. The predicted octanol–water partition coefficient (Wildman–Crippen LogP) is 1.47. The minimum Gasteiger partial charge on any atom is -0.545 e. The number of rotatable bonds is 13. The normalized spacial score (nSPS) is 10.2. The first-order chi connectivity index (χ1) is 13.6. The molecule has 0 aliphatic rings. The third-order valence-electron chi connectivity index (χ3n) is 4.54. The SMILES string of the molecule is CCCCCCCCCOc1ccc(COc2cccc(O)c2C(=O)[O-])cc1.[K+]. The molecule has 0 amide bonds. The van der Waals surface area contributed by atoms with Crippen molar-refractivity contribution in [1.82, 2.24) is 0 Å². The van der Waals surface area contributed by atoms with Crippen molar-refractivity contribution in [1.29, 1.82) is 0 Å². The number of ether oxygens (including phenoxy) is 2. The molecule has 0 saturated carbocycles. The maximum absolute atomic E-state index is 11.1. The summed E-state index contributed by atoms with van der Waals surface area (Å²) in [6.45, 7) is 3.12. The van der Waals surface area contributed by atoms with Crippen molar-refractivity contribution < 1.29 is 75.9 Å². The summed E-state index contributed by atoms with van der Waals surface area (Å²) < 4.78 is 11.3. The van der Waals surface area contributed by atoms with Gasteiger partial charge in [-0.1, -0.05) is 63.6 Å². The third kappa shape index (κ3) is 9.53. The second kappa shape index (κ2) is 14.9.